The lowest BCUT2D eigenvalue weighted by Gasteiger charge is -2.62. The minimum atomic E-state index is -1.03. The number of Topliss-reactive ketones (excluding diaryl/α,β-unsaturated/α-hetero) is 1. The number of rotatable bonds is 2. The lowest BCUT2D eigenvalue weighted by molar-refractivity contribution is -0.168. The number of carbonyl (C=O) groups excluding carboxylic acids is 2. The van der Waals surface area contributed by atoms with E-state index in [-0.39, 0.29) is 30.0 Å². The number of aliphatic carboxylic acids is 1. The summed E-state index contributed by atoms with van der Waals surface area (Å²) in [6, 6.07) is 5.51. The molecule has 4 N–H and O–H groups in total. The Morgan fingerprint density at radius 2 is 1.94 bits per heavy atom. The zero-order valence-electron chi connectivity index (χ0n) is 18.8. The van der Waals surface area contributed by atoms with E-state index in [9.17, 15) is 24.6 Å². The number of nitrogens with one attached hydrogen (secondary N) is 1. The summed E-state index contributed by atoms with van der Waals surface area (Å²) in [6.45, 7) is 5.85. The fourth-order valence-corrected chi connectivity index (χ4v) is 5.21. The van der Waals surface area contributed by atoms with Gasteiger partial charge in [-0.3, -0.25) is 14.4 Å². The third-order valence-electron chi connectivity index (χ3n) is 6.60. The van der Waals surface area contributed by atoms with E-state index in [0.29, 0.717) is 19.3 Å². The number of carboxylic acid groups (broad SMARTS) is 1. The molecule has 2 fully saturated rings. The van der Waals surface area contributed by atoms with E-state index in [0.717, 1.165) is 24.9 Å². The SMILES string of the molecule is CC.CC(=O)NCC(=O)O.CN1CC[C@]23CC(=O)CCC2(O)C1Cc1ccc(O)cc13. The van der Waals surface area contributed by atoms with Crippen molar-refractivity contribution in [2.24, 2.45) is 0 Å². The summed E-state index contributed by atoms with van der Waals surface area (Å²) in [7, 11) is 2.06. The number of piperidine rings is 1. The van der Waals surface area contributed by atoms with E-state index in [2.05, 4.69) is 17.3 Å². The first-order valence-electron chi connectivity index (χ1n) is 10.8. The third kappa shape index (κ3) is 4.75. The summed E-state index contributed by atoms with van der Waals surface area (Å²) >= 11 is 0. The molecule has 8 nitrogen and oxygen atoms in total. The van der Waals surface area contributed by atoms with Crippen LogP contribution in [0.1, 0.15) is 57.6 Å². The van der Waals surface area contributed by atoms with Crippen molar-refractivity contribution in [3.05, 3.63) is 29.3 Å². The van der Waals surface area contributed by atoms with Gasteiger partial charge in [0.1, 0.15) is 18.1 Å². The van der Waals surface area contributed by atoms with Crippen molar-refractivity contribution in [2.75, 3.05) is 20.1 Å². The molecular formula is C23H34N2O6. The first-order valence-corrected chi connectivity index (χ1v) is 10.8. The van der Waals surface area contributed by atoms with Crippen LogP contribution in [0.25, 0.3) is 0 Å². The number of phenols is 1. The molecule has 2 aliphatic carbocycles. The number of benzene rings is 1. The van der Waals surface area contributed by atoms with E-state index in [1.165, 1.54) is 12.5 Å². The van der Waals surface area contributed by atoms with Gasteiger partial charge in [-0.05, 0) is 56.1 Å². The molecule has 3 atom stereocenters. The van der Waals surface area contributed by atoms with Gasteiger partial charge >= 0.3 is 5.97 Å². The molecule has 1 aromatic rings. The number of aliphatic hydroxyl groups is 1. The summed E-state index contributed by atoms with van der Waals surface area (Å²) in [5, 5.41) is 31.5. The van der Waals surface area contributed by atoms with E-state index in [1.54, 1.807) is 12.1 Å². The molecule has 0 spiro atoms. The molecular weight excluding hydrogens is 400 g/mol. The molecule has 1 saturated heterocycles. The van der Waals surface area contributed by atoms with Gasteiger partial charge in [-0.25, -0.2) is 0 Å². The van der Waals surface area contributed by atoms with Crippen LogP contribution < -0.4 is 5.32 Å². The van der Waals surface area contributed by atoms with Crippen molar-refractivity contribution in [3.63, 3.8) is 0 Å². The molecule has 1 amide bonds. The molecule has 0 aromatic heterocycles. The largest absolute Gasteiger partial charge is 0.508 e. The zero-order valence-corrected chi connectivity index (χ0v) is 18.8. The number of fused-ring (bicyclic) bond motifs is 1. The molecule has 172 valence electrons. The Morgan fingerprint density at radius 3 is 2.52 bits per heavy atom. The summed E-state index contributed by atoms with van der Waals surface area (Å²) in [5.41, 5.74) is 0.812. The monoisotopic (exact) mass is 434 g/mol. The van der Waals surface area contributed by atoms with E-state index in [4.69, 9.17) is 5.11 Å². The van der Waals surface area contributed by atoms with Gasteiger partial charge in [0.25, 0.3) is 0 Å². The molecule has 1 aromatic carbocycles. The number of hydrogen-bond donors (Lipinski definition) is 4. The van der Waals surface area contributed by atoms with Crippen LogP contribution in [0, 0.1) is 0 Å². The second-order valence-corrected chi connectivity index (χ2v) is 8.32. The van der Waals surface area contributed by atoms with Gasteiger partial charge in [0.2, 0.25) is 5.91 Å². The van der Waals surface area contributed by atoms with Gasteiger partial charge in [-0.1, -0.05) is 19.9 Å². The molecule has 31 heavy (non-hydrogen) atoms. The summed E-state index contributed by atoms with van der Waals surface area (Å²) in [5.74, 6) is -0.896. The highest BCUT2D eigenvalue weighted by molar-refractivity contribution is 5.82. The Balaban J connectivity index is 0.000000292. The van der Waals surface area contributed by atoms with Crippen molar-refractivity contribution >= 4 is 17.7 Å². The van der Waals surface area contributed by atoms with Crippen molar-refractivity contribution in [1.82, 2.24) is 10.2 Å². The van der Waals surface area contributed by atoms with Crippen LogP contribution in [-0.4, -0.2) is 69.7 Å². The standard InChI is InChI=1S/C17H21NO3.C4H7NO3.C2H6/c1-18-7-6-16-10-13(20)4-5-17(16,21)15(18)8-11-2-3-12(19)9-14(11)16;1-3(6)5-2-4(7)8;1-2/h2-3,9,15,19,21H,4-8,10H2,1H3;2H2,1H3,(H,5,6)(H,7,8);1-2H3/t15?,16-,17?;;/m1../s1. The third-order valence-corrected chi connectivity index (χ3v) is 6.60. The predicted molar refractivity (Wildman–Crippen MR) is 116 cm³/mol. The van der Waals surface area contributed by atoms with Crippen LogP contribution in [0.4, 0.5) is 0 Å². The minimum Gasteiger partial charge on any atom is -0.508 e. The average Bonchev–Trinajstić information content (AvgIpc) is 2.72. The number of aromatic hydroxyl groups is 1. The van der Waals surface area contributed by atoms with Crippen LogP contribution >= 0.6 is 0 Å². The summed E-state index contributed by atoms with van der Waals surface area (Å²) < 4.78 is 0. The second-order valence-electron chi connectivity index (χ2n) is 8.32. The Bertz CT molecular complexity index is 827. The highest BCUT2D eigenvalue weighted by Crippen LogP contribution is 2.57. The number of ketones is 1. The molecule has 1 heterocycles. The Kier molecular flexibility index (Phi) is 7.83. The number of likely N-dealkylation sites (tertiary alicyclic amines) is 1. The van der Waals surface area contributed by atoms with Crippen LogP contribution in [0.5, 0.6) is 5.75 Å². The van der Waals surface area contributed by atoms with Crippen molar-refractivity contribution < 1.29 is 29.7 Å². The summed E-state index contributed by atoms with van der Waals surface area (Å²) in [6.07, 6.45) is 2.98. The Labute approximate surface area is 183 Å². The van der Waals surface area contributed by atoms with Gasteiger partial charge in [-0.2, -0.15) is 0 Å². The number of carbonyl (C=O) groups is 3. The van der Waals surface area contributed by atoms with E-state index in [1.807, 2.05) is 19.9 Å². The lowest BCUT2D eigenvalue weighted by Crippen LogP contribution is -2.72. The van der Waals surface area contributed by atoms with Gasteiger partial charge in [0, 0.05) is 31.2 Å². The topological polar surface area (TPSA) is 127 Å². The number of likely N-dealkylation sites (N-methyl/N-ethyl adjacent to an activating group) is 1. The van der Waals surface area contributed by atoms with Gasteiger partial charge in [0.15, 0.2) is 0 Å². The van der Waals surface area contributed by atoms with Crippen LogP contribution in [0.15, 0.2) is 18.2 Å². The number of hydrogen-bond acceptors (Lipinski definition) is 6. The molecule has 3 aliphatic rings. The van der Waals surface area contributed by atoms with Gasteiger partial charge in [-0.15, -0.1) is 0 Å². The normalized spacial score (nSPS) is 28.5. The quantitative estimate of drug-likeness (QED) is 0.557. The van der Waals surface area contributed by atoms with Crippen molar-refractivity contribution in [1.29, 1.82) is 0 Å². The van der Waals surface area contributed by atoms with Gasteiger partial charge < -0.3 is 25.5 Å². The fraction of sp³-hybridized carbons (Fsp3) is 0.609. The lowest BCUT2D eigenvalue weighted by atomic mass is 9.49. The molecule has 1 aliphatic heterocycles. The van der Waals surface area contributed by atoms with Crippen LogP contribution in [0.2, 0.25) is 0 Å². The Hall–Kier alpha value is -2.45. The second kappa shape index (κ2) is 9.78. The fourth-order valence-electron chi connectivity index (χ4n) is 5.21. The molecule has 1 saturated carbocycles. The number of amides is 1. The summed E-state index contributed by atoms with van der Waals surface area (Å²) in [4.78, 5) is 34.0. The van der Waals surface area contributed by atoms with Crippen molar-refractivity contribution in [2.45, 2.75) is 69.9 Å². The molecule has 0 radical (unpaired) electrons. The maximum absolute atomic E-state index is 12.1. The molecule has 2 unspecified atom stereocenters. The maximum Gasteiger partial charge on any atom is 0.322 e. The van der Waals surface area contributed by atoms with Crippen LogP contribution in [-0.2, 0) is 26.2 Å². The first-order chi connectivity index (χ1) is 14.6. The molecule has 8 heteroatoms. The Morgan fingerprint density at radius 1 is 1.26 bits per heavy atom. The first kappa shape index (κ1) is 24.8. The molecule has 2 bridgehead atoms. The predicted octanol–water partition coefficient (Wildman–Crippen LogP) is 1.61. The minimum absolute atomic E-state index is 0.0661. The number of nitrogens with zero attached hydrogens (tertiary/aromatic N) is 1. The highest BCUT2D eigenvalue weighted by atomic mass is 16.4. The molecule has 4 rings (SSSR count). The maximum atomic E-state index is 12.1. The van der Waals surface area contributed by atoms with E-state index < -0.39 is 17.0 Å². The van der Waals surface area contributed by atoms with Gasteiger partial charge in [0.05, 0.1) is 5.60 Å². The number of phenolic OH excluding ortho intramolecular Hbond substituents is 1. The average molecular weight is 435 g/mol. The van der Waals surface area contributed by atoms with E-state index >= 15 is 0 Å². The number of carboxylic acids is 1. The van der Waals surface area contributed by atoms with Crippen LogP contribution in [0.3, 0.4) is 0 Å². The zero-order chi connectivity index (χ0) is 23.4. The van der Waals surface area contributed by atoms with Crippen molar-refractivity contribution in [3.8, 4) is 5.75 Å². The smallest absolute Gasteiger partial charge is 0.322 e. The highest BCUT2D eigenvalue weighted by Gasteiger charge is 2.64.